The number of rotatable bonds is 8. The number of ketones is 1. The molecule has 0 aliphatic heterocycles. The van der Waals surface area contributed by atoms with Crippen molar-refractivity contribution in [3.63, 3.8) is 0 Å². The molecule has 0 fully saturated rings. The average Bonchev–Trinajstić information content (AvgIpc) is 2.78. The van der Waals surface area contributed by atoms with Crippen LogP contribution < -0.4 is 14.2 Å². The van der Waals surface area contributed by atoms with Crippen molar-refractivity contribution in [2.24, 2.45) is 0 Å². The van der Waals surface area contributed by atoms with Gasteiger partial charge in [-0.15, -0.1) is 0 Å². The normalized spacial score (nSPS) is 10.8. The van der Waals surface area contributed by atoms with E-state index < -0.39 is 0 Å². The highest BCUT2D eigenvalue weighted by molar-refractivity contribution is 6.08. The quantitative estimate of drug-likeness (QED) is 0.353. The molecule has 30 heavy (non-hydrogen) atoms. The van der Waals surface area contributed by atoms with Crippen molar-refractivity contribution in [3.05, 3.63) is 94.6 Å². The summed E-state index contributed by atoms with van der Waals surface area (Å²) in [6.45, 7) is 4.43. The Hall–Kier alpha value is -3.53. The van der Waals surface area contributed by atoms with E-state index in [1.54, 1.807) is 38.5 Å². The molecule has 0 aliphatic rings. The van der Waals surface area contributed by atoms with E-state index in [1.807, 2.05) is 56.3 Å². The minimum absolute atomic E-state index is 0.114. The number of hydrogen-bond donors (Lipinski definition) is 0. The molecule has 154 valence electrons. The molecule has 4 heteroatoms. The van der Waals surface area contributed by atoms with Crippen LogP contribution in [0, 0.1) is 13.8 Å². The third-order valence-corrected chi connectivity index (χ3v) is 4.83. The minimum Gasteiger partial charge on any atom is -0.496 e. The number of hydrogen-bond acceptors (Lipinski definition) is 4. The van der Waals surface area contributed by atoms with Crippen LogP contribution >= 0.6 is 0 Å². The molecule has 4 nitrogen and oxygen atoms in total. The first-order valence-corrected chi connectivity index (χ1v) is 9.74. The lowest BCUT2D eigenvalue weighted by Gasteiger charge is -2.13. The highest BCUT2D eigenvalue weighted by Gasteiger charge is 2.09. The predicted octanol–water partition coefficient (Wildman–Crippen LogP) is 5.80. The van der Waals surface area contributed by atoms with Crippen molar-refractivity contribution in [1.82, 2.24) is 0 Å². The lowest BCUT2D eigenvalue weighted by Crippen LogP contribution is -2.01. The van der Waals surface area contributed by atoms with Crippen LogP contribution in [0.3, 0.4) is 0 Å². The molecule has 0 unspecified atom stereocenters. The lowest BCUT2D eigenvalue weighted by atomic mass is 10.1. The molecule has 3 aromatic rings. The Morgan fingerprint density at radius 3 is 2.40 bits per heavy atom. The van der Waals surface area contributed by atoms with Crippen molar-refractivity contribution in [2.75, 3.05) is 14.2 Å². The first kappa shape index (κ1) is 21.2. The summed E-state index contributed by atoms with van der Waals surface area (Å²) in [5.74, 6) is 2.04. The fraction of sp³-hybridized carbons (Fsp3) is 0.192. The lowest BCUT2D eigenvalue weighted by molar-refractivity contribution is 0.104. The van der Waals surface area contributed by atoms with Crippen LogP contribution in [0.2, 0.25) is 0 Å². The molecular formula is C26H26O4. The Morgan fingerprint density at radius 2 is 1.63 bits per heavy atom. The van der Waals surface area contributed by atoms with Gasteiger partial charge in [0.05, 0.1) is 19.8 Å². The fourth-order valence-corrected chi connectivity index (χ4v) is 3.14. The van der Waals surface area contributed by atoms with Crippen LogP contribution in [0.5, 0.6) is 17.2 Å². The van der Waals surface area contributed by atoms with Crippen LogP contribution in [0.25, 0.3) is 6.08 Å². The maximum absolute atomic E-state index is 12.6. The second-order valence-electron chi connectivity index (χ2n) is 7.03. The largest absolute Gasteiger partial charge is 0.496 e. The van der Waals surface area contributed by atoms with Gasteiger partial charge in [-0.1, -0.05) is 36.4 Å². The molecule has 0 bridgehead atoms. The molecule has 3 aromatic carbocycles. The van der Waals surface area contributed by atoms with E-state index in [1.165, 1.54) is 0 Å². The smallest absolute Gasteiger partial charge is 0.189 e. The van der Waals surface area contributed by atoms with E-state index in [-0.39, 0.29) is 5.78 Å². The Balaban J connectivity index is 1.79. The molecule has 0 aromatic heterocycles. The van der Waals surface area contributed by atoms with Gasteiger partial charge in [0.1, 0.15) is 23.9 Å². The number of benzene rings is 3. The zero-order valence-electron chi connectivity index (χ0n) is 17.8. The van der Waals surface area contributed by atoms with E-state index in [0.717, 1.165) is 33.8 Å². The van der Waals surface area contributed by atoms with Crippen molar-refractivity contribution in [1.29, 1.82) is 0 Å². The summed E-state index contributed by atoms with van der Waals surface area (Å²) in [5.41, 5.74) is 4.55. The van der Waals surface area contributed by atoms with Gasteiger partial charge in [0.2, 0.25) is 0 Å². The van der Waals surface area contributed by atoms with E-state index in [2.05, 4.69) is 6.07 Å². The van der Waals surface area contributed by atoms with Crippen molar-refractivity contribution in [3.8, 4) is 17.2 Å². The summed E-state index contributed by atoms with van der Waals surface area (Å²) in [7, 11) is 3.19. The third-order valence-electron chi connectivity index (χ3n) is 4.83. The first-order valence-electron chi connectivity index (χ1n) is 9.74. The van der Waals surface area contributed by atoms with Gasteiger partial charge in [-0.25, -0.2) is 0 Å². The van der Waals surface area contributed by atoms with Crippen molar-refractivity contribution < 1.29 is 19.0 Å². The van der Waals surface area contributed by atoms with E-state index >= 15 is 0 Å². The van der Waals surface area contributed by atoms with Gasteiger partial charge in [-0.2, -0.15) is 0 Å². The van der Waals surface area contributed by atoms with Crippen LogP contribution in [0.4, 0.5) is 0 Å². The maximum atomic E-state index is 12.6. The second-order valence-corrected chi connectivity index (χ2v) is 7.03. The van der Waals surface area contributed by atoms with Crippen LogP contribution in [-0.2, 0) is 6.61 Å². The Labute approximate surface area is 177 Å². The molecule has 0 N–H and O–H groups in total. The van der Waals surface area contributed by atoms with Gasteiger partial charge in [-0.3, -0.25) is 4.79 Å². The number of aryl methyl sites for hydroxylation is 2. The number of methoxy groups -OCH3 is 2. The molecule has 0 radical (unpaired) electrons. The van der Waals surface area contributed by atoms with Crippen LogP contribution in [0.1, 0.15) is 32.6 Å². The number of carbonyl (C=O) groups is 1. The number of ether oxygens (including phenoxy) is 3. The third kappa shape index (κ3) is 5.09. The second kappa shape index (κ2) is 9.79. The van der Waals surface area contributed by atoms with Crippen LogP contribution in [-0.4, -0.2) is 20.0 Å². The van der Waals surface area contributed by atoms with E-state index in [4.69, 9.17) is 14.2 Å². The Kier molecular flexibility index (Phi) is 6.91. The molecule has 0 saturated heterocycles. The highest BCUT2D eigenvalue weighted by atomic mass is 16.5. The van der Waals surface area contributed by atoms with E-state index in [9.17, 15) is 4.79 Å². The summed E-state index contributed by atoms with van der Waals surface area (Å²) in [5, 5.41) is 0. The summed E-state index contributed by atoms with van der Waals surface area (Å²) >= 11 is 0. The van der Waals surface area contributed by atoms with Crippen LogP contribution in [0.15, 0.2) is 66.7 Å². The summed E-state index contributed by atoms with van der Waals surface area (Å²) in [6, 6.07) is 19.1. The molecule has 0 spiro atoms. The molecule has 0 saturated carbocycles. The summed E-state index contributed by atoms with van der Waals surface area (Å²) < 4.78 is 16.8. The van der Waals surface area contributed by atoms with Gasteiger partial charge in [-0.05, 0) is 66.9 Å². The molecular weight excluding hydrogens is 376 g/mol. The number of allylic oxidation sites excluding steroid dienone is 1. The minimum atomic E-state index is -0.114. The van der Waals surface area contributed by atoms with Gasteiger partial charge < -0.3 is 14.2 Å². The molecule has 3 rings (SSSR count). The fourth-order valence-electron chi connectivity index (χ4n) is 3.14. The van der Waals surface area contributed by atoms with Crippen molar-refractivity contribution >= 4 is 11.9 Å². The number of para-hydroxylation sites is 1. The average molecular weight is 402 g/mol. The Bertz CT molecular complexity index is 1070. The van der Waals surface area contributed by atoms with Gasteiger partial charge in [0, 0.05) is 5.56 Å². The zero-order chi connectivity index (χ0) is 21.5. The Morgan fingerprint density at radius 1 is 0.867 bits per heavy atom. The SMILES string of the molecule is COc1ccc(/C=C/C(=O)c2ccccc2OC)cc1COc1cc(C)ccc1C. The van der Waals surface area contributed by atoms with E-state index in [0.29, 0.717) is 17.9 Å². The van der Waals surface area contributed by atoms with Gasteiger partial charge >= 0.3 is 0 Å². The highest BCUT2D eigenvalue weighted by Crippen LogP contribution is 2.25. The molecule has 0 aliphatic carbocycles. The topological polar surface area (TPSA) is 44.8 Å². The summed E-state index contributed by atoms with van der Waals surface area (Å²) in [6.07, 6.45) is 3.34. The zero-order valence-corrected chi connectivity index (χ0v) is 17.8. The standard InChI is InChI=1S/C26H26O4/c1-18-9-10-19(2)26(15-18)30-17-21-16-20(12-14-24(21)28-3)11-13-23(27)22-7-5-6-8-25(22)29-4/h5-16H,17H2,1-4H3/b13-11+. The monoisotopic (exact) mass is 402 g/mol. The van der Waals surface area contributed by atoms with Crippen molar-refractivity contribution in [2.45, 2.75) is 20.5 Å². The maximum Gasteiger partial charge on any atom is 0.189 e. The van der Waals surface area contributed by atoms with Gasteiger partial charge in [0.15, 0.2) is 5.78 Å². The number of carbonyl (C=O) groups excluding carboxylic acids is 1. The molecule has 0 atom stereocenters. The first-order chi connectivity index (χ1) is 14.5. The molecule has 0 amide bonds. The predicted molar refractivity (Wildman–Crippen MR) is 120 cm³/mol. The summed E-state index contributed by atoms with van der Waals surface area (Å²) in [4.78, 5) is 12.6. The molecule has 0 heterocycles. The van der Waals surface area contributed by atoms with Gasteiger partial charge in [0.25, 0.3) is 0 Å².